The summed E-state index contributed by atoms with van der Waals surface area (Å²) < 4.78 is 6.08. The third-order valence-corrected chi connectivity index (χ3v) is 3.73. The van der Waals surface area contributed by atoms with Crippen molar-refractivity contribution in [1.29, 1.82) is 0 Å². The Morgan fingerprint density at radius 2 is 1.84 bits per heavy atom. The third-order valence-electron chi connectivity index (χ3n) is 3.01. The average Bonchev–Trinajstić information content (AvgIpc) is 2.37. The Balaban J connectivity index is 2.72. The van der Waals surface area contributed by atoms with Gasteiger partial charge in [-0.05, 0) is 59.5 Å². The topological polar surface area (TPSA) is 38.3 Å². The molecule has 0 bridgehead atoms. The van der Waals surface area contributed by atoms with Crippen LogP contribution in [0.2, 0.25) is 0 Å². The second kappa shape index (κ2) is 7.85. The summed E-state index contributed by atoms with van der Waals surface area (Å²) in [5.74, 6) is 0.256. The Morgan fingerprint density at radius 3 is 2.32 bits per heavy atom. The van der Waals surface area contributed by atoms with Crippen LogP contribution in [0.3, 0.4) is 0 Å². The highest BCUT2D eigenvalue weighted by atomic mass is 127. The van der Waals surface area contributed by atoms with Crippen LogP contribution in [-0.2, 0) is 9.53 Å². The van der Waals surface area contributed by atoms with Crippen LogP contribution in [0.4, 0.5) is 0 Å². The van der Waals surface area contributed by atoms with Crippen molar-refractivity contribution in [1.82, 2.24) is 5.32 Å². The van der Waals surface area contributed by atoms with Crippen LogP contribution in [0.5, 0.6) is 0 Å². The summed E-state index contributed by atoms with van der Waals surface area (Å²) in [6.07, 6.45) is 0.779. The van der Waals surface area contributed by atoms with E-state index in [4.69, 9.17) is 4.74 Å². The molecule has 0 aliphatic carbocycles. The second-order valence-electron chi connectivity index (χ2n) is 5.15. The monoisotopic (exact) mass is 375 g/mol. The Labute approximate surface area is 129 Å². The Hall–Kier alpha value is -0.620. The zero-order valence-electron chi connectivity index (χ0n) is 11.9. The van der Waals surface area contributed by atoms with E-state index >= 15 is 0 Å². The van der Waals surface area contributed by atoms with Gasteiger partial charge in [-0.2, -0.15) is 0 Å². The Kier molecular flexibility index (Phi) is 6.79. The summed E-state index contributed by atoms with van der Waals surface area (Å²) in [5, 5.41) is 3.36. The Bertz CT molecular complexity index is 403. The van der Waals surface area contributed by atoms with E-state index in [1.165, 1.54) is 16.2 Å². The van der Waals surface area contributed by atoms with E-state index < -0.39 is 0 Å². The van der Waals surface area contributed by atoms with Crippen LogP contribution < -0.4 is 5.32 Å². The molecule has 1 N–H and O–H groups in total. The number of halogens is 1. The number of benzene rings is 1. The highest BCUT2D eigenvalue weighted by molar-refractivity contribution is 14.1. The van der Waals surface area contributed by atoms with E-state index in [-0.39, 0.29) is 18.1 Å². The van der Waals surface area contributed by atoms with Gasteiger partial charge in [-0.3, -0.25) is 10.1 Å². The lowest BCUT2D eigenvalue weighted by Crippen LogP contribution is -2.40. The first kappa shape index (κ1) is 16.4. The van der Waals surface area contributed by atoms with Gasteiger partial charge >= 0.3 is 5.97 Å². The maximum absolute atomic E-state index is 11.8. The summed E-state index contributed by atoms with van der Waals surface area (Å²) in [5.41, 5.74) is 1.18. The molecule has 1 aromatic carbocycles. The number of hydrogen-bond acceptors (Lipinski definition) is 3. The third kappa shape index (κ3) is 5.48. The highest BCUT2D eigenvalue weighted by Gasteiger charge is 2.22. The van der Waals surface area contributed by atoms with Crippen LogP contribution in [0.15, 0.2) is 24.3 Å². The minimum Gasteiger partial charge on any atom is -0.468 e. The summed E-state index contributed by atoms with van der Waals surface area (Å²) in [6, 6.07) is 8.19. The van der Waals surface area contributed by atoms with Gasteiger partial charge in [-0.25, -0.2) is 0 Å². The number of rotatable bonds is 6. The van der Waals surface area contributed by atoms with Crippen molar-refractivity contribution in [2.75, 3.05) is 7.11 Å². The summed E-state index contributed by atoms with van der Waals surface area (Å²) in [6.45, 7) is 6.28. The zero-order valence-corrected chi connectivity index (χ0v) is 14.1. The first-order valence-electron chi connectivity index (χ1n) is 6.53. The van der Waals surface area contributed by atoms with Crippen molar-refractivity contribution < 1.29 is 9.53 Å². The SMILES string of the molecule is COC(=O)C(CC(C)C)NC(C)c1ccc(I)cc1. The van der Waals surface area contributed by atoms with Gasteiger partial charge in [0.25, 0.3) is 0 Å². The average molecular weight is 375 g/mol. The van der Waals surface area contributed by atoms with E-state index in [0.29, 0.717) is 5.92 Å². The van der Waals surface area contributed by atoms with Crippen molar-refractivity contribution in [3.8, 4) is 0 Å². The van der Waals surface area contributed by atoms with Gasteiger partial charge in [-0.1, -0.05) is 26.0 Å². The molecule has 19 heavy (non-hydrogen) atoms. The molecule has 0 spiro atoms. The lowest BCUT2D eigenvalue weighted by molar-refractivity contribution is -0.143. The molecule has 106 valence electrons. The normalized spacial score (nSPS) is 14.2. The van der Waals surface area contributed by atoms with Crippen molar-refractivity contribution in [3.05, 3.63) is 33.4 Å². The van der Waals surface area contributed by atoms with E-state index in [2.05, 4.69) is 72.9 Å². The summed E-state index contributed by atoms with van der Waals surface area (Å²) in [7, 11) is 1.44. The van der Waals surface area contributed by atoms with Crippen LogP contribution in [0.25, 0.3) is 0 Å². The molecule has 0 aliphatic rings. The predicted molar refractivity (Wildman–Crippen MR) is 86.0 cm³/mol. The number of methoxy groups -OCH3 is 1. The molecule has 4 heteroatoms. The molecule has 0 aromatic heterocycles. The van der Waals surface area contributed by atoms with E-state index in [1.54, 1.807) is 0 Å². The van der Waals surface area contributed by atoms with Gasteiger partial charge in [0.15, 0.2) is 0 Å². The van der Waals surface area contributed by atoms with Crippen LogP contribution >= 0.6 is 22.6 Å². The molecule has 1 rings (SSSR count). The van der Waals surface area contributed by atoms with Gasteiger partial charge in [0.1, 0.15) is 6.04 Å². The minimum absolute atomic E-state index is 0.125. The molecular weight excluding hydrogens is 353 g/mol. The molecule has 0 radical (unpaired) electrons. The van der Waals surface area contributed by atoms with Crippen LogP contribution in [-0.4, -0.2) is 19.1 Å². The van der Waals surface area contributed by atoms with Gasteiger partial charge < -0.3 is 4.74 Å². The molecule has 3 nitrogen and oxygen atoms in total. The van der Waals surface area contributed by atoms with E-state index in [9.17, 15) is 4.79 Å². The van der Waals surface area contributed by atoms with E-state index in [1.807, 2.05) is 0 Å². The fraction of sp³-hybridized carbons (Fsp3) is 0.533. The number of nitrogens with one attached hydrogen (secondary N) is 1. The standard InChI is InChI=1S/C15H22INO2/c1-10(2)9-14(15(18)19-4)17-11(3)12-5-7-13(16)8-6-12/h5-8,10-11,14,17H,9H2,1-4H3. The lowest BCUT2D eigenvalue weighted by atomic mass is 10.0. The first-order chi connectivity index (χ1) is 8.93. The summed E-state index contributed by atoms with van der Waals surface area (Å²) >= 11 is 2.28. The number of ether oxygens (including phenoxy) is 1. The predicted octanol–water partition coefficient (Wildman–Crippen LogP) is 3.53. The molecule has 2 unspecified atom stereocenters. The van der Waals surface area contributed by atoms with Crippen LogP contribution in [0, 0.1) is 9.49 Å². The Morgan fingerprint density at radius 1 is 1.26 bits per heavy atom. The fourth-order valence-electron chi connectivity index (χ4n) is 2.00. The number of hydrogen-bond donors (Lipinski definition) is 1. The maximum Gasteiger partial charge on any atom is 0.322 e. The number of carbonyl (C=O) groups is 1. The maximum atomic E-state index is 11.8. The van der Waals surface area contributed by atoms with Gasteiger partial charge in [-0.15, -0.1) is 0 Å². The second-order valence-corrected chi connectivity index (χ2v) is 6.39. The van der Waals surface area contributed by atoms with Crippen LogP contribution in [0.1, 0.15) is 38.8 Å². The van der Waals surface area contributed by atoms with Crippen molar-refractivity contribution in [2.24, 2.45) is 5.92 Å². The van der Waals surface area contributed by atoms with Gasteiger partial charge in [0.2, 0.25) is 0 Å². The first-order valence-corrected chi connectivity index (χ1v) is 7.61. The van der Waals surface area contributed by atoms with Gasteiger partial charge in [0.05, 0.1) is 7.11 Å². The minimum atomic E-state index is -0.251. The molecule has 0 saturated heterocycles. The van der Waals surface area contributed by atoms with E-state index in [0.717, 1.165) is 6.42 Å². The molecular formula is C15H22INO2. The molecule has 0 heterocycles. The number of esters is 1. The smallest absolute Gasteiger partial charge is 0.322 e. The largest absolute Gasteiger partial charge is 0.468 e. The molecule has 0 fully saturated rings. The van der Waals surface area contributed by atoms with Crippen molar-refractivity contribution in [2.45, 2.75) is 39.3 Å². The lowest BCUT2D eigenvalue weighted by Gasteiger charge is -2.23. The fourth-order valence-corrected chi connectivity index (χ4v) is 2.36. The highest BCUT2D eigenvalue weighted by Crippen LogP contribution is 2.17. The van der Waals surface area contributed by atoms with Gasteiger partial charge in [0, 0.05) is 9.61 Å². The van der Waals surface area contributed by atoms with Crippen molar-refractivity contribution in [3.63, 3.8) is 0 Å². The molecule has 0 amide bonds. The molecule has 1 aromatic rings. The number of carbonyl (C=O) groups excluding carboxylic acids is 1. The summed E-state index contributed by atoms with van der Waals surface area (Å²) in [4.78, 5) is 11.8. The molecule has 0 saturated carbocycles. The molecule has 0 aliphatic heterocycles. The quantitative estimate of drug-likeness (QED) is 0.611. The molecule has 2 atom stereocenters. The van der Waals surface area contributed by atoms with Crippen molar-refractivity contribution >= 4 is 28.6 Å². The zero-order chi connectivity index (χ0) is 14.4.